The molecule has 0 aromatic carbocycles. The molecule has 4 nitrogen and oxygen atoms in total. The number of nitrogens with one attached hydrogen (secondary N) is 1. The van der Waals surface area contributed by atoms with Gasteiger partial charge in [-0.25, -0.2) is 4.98 Å². The molecule has 2 aromatic rings. The number of fused-ring (bicyclic) bond motifs is 3. The summed E-state index contributed by atoms with van der Waals surface area (Å²) in [6.07, 6.45) is 2.44. The predicted molar refractivity (Wildman–Crippen MR) is 60.3 cm³/mol. The first-order chi connectivity index (χ1) is 7.25. The Morgan fingerprint density at radius 2 is 2.47 bits per heavy atom. The topological polar surface area (TPSA) is 49.0 Å². The van der Waals surface area contributed by atoms with E-state index in [-0.39, 0.29) is 5.56 Å². The highest BCUT2D eigenvalue weighted by Crippen LogP contribution is 2.31. The van der Waals surface area contributed by atoms with Gasteiger partial charge in [0.15, 0.2) is 0 Å². The van der Waals surface area contributed by atoms with Crippen LogP contribution in [0.5, 0.6) is 0 Å². The van der Waals surface area contributed by atoms with E-state index in [0.717, 1.165) is 29.7 Å². The van der Waals surface area contributed by atoms with Gasteiger partial charge in [0, 0.05) is 18.0 Å². The molecule has 0 radical (unpaired) electrons. The normalized spacial score (nSPS) is 16.9. The first kappa shape index (κ1) is 9.06. The number of H-pyrrole nitrogens is 1. The molecule has 0 saturated carbocycles. The number of hydrogen-bond acceptors (Lipinski definition) is 4. The summed E-state index contributed by atoms with van der Waals surface area (Å²) in [4.78, 5) is 23.0. The molecule has 3 heterocycles. The van der Waals surface area contributed by atoms with Crippen LogP contribution in [-0.2, 0) is 13.0 Å². The Kier molecular flexibility index (Phi) is 1.90. The SMILES string of the molecule is CN1CCc2c(sc3nc[nH]c(=O)c23)C1. The lowest BCUT2D eigenvalue weighted by molar-refractivity contribution is 0.318. The summed E-state index contributed by atoms with van der Waals surface area (Å²) >= 11 is 1.64. The number of thiophene rings is 1. The van der Waals surface area contributed by atoms with Crippen LogP contribution in [-0.4, -0.2) is 28.5 Å². The molecule has 1 aliphatic rings. The number of nitrogens with zero attached hydrogens (tertiary/aromatic N) is 2. The number of likely N-dealkylation sites (N-methyl/N-ethyl adjacent to an activating group) is 1. The predicted octanol–water partition coefficient (Wildman–Crippen LogP) is 0.972. The minimum absolute atomic E-state index is 0.00190. The Balaban J connectivity index is 2.34. The summed E-state index contributed by atoms with van der Waals surface area (Å²) < 4.78 is 0. The molecule has 0 saturated heterocycles. The molecule has 0 fully saturated rings. The number of rotatable bonds is 0. The summed E-state index contributed by atoms with van der Waals surface area (Å²) in [6.45, 7) is 1.96. The molecule has 5 heteroatoms. The highest BCUT2D eigenvalue weighted by molar-refractivity contribution is 7.18. The molecule has 1 aliphatic heterocycles. The Labute approximate surface area is 90.6 Å². The first-order valence-corrected chi connectivity index (χ1v) is 5.74. The van der Waals surface area contributed by atoms with Crippen molar-refractivity contribution in [2.24, 2.45) is 0 Å². The fourth-order valence-corrected chi connectivity index (χ4v) is 3.33. The lowest BCUT2D eigenvalue weighted by atomic mass is 10.1. The molecular formula is C10H11N3OS. The monoisotopic (exact) mass is 221 g/mol. The van der Waals surface area contributed by atoms with Crippen LogP contribution in [0.15, 0.2) is 11.1 Å². The maximum Gasteiger partial charge on any atom is 0.259 e. The summed E-state index contributed by atoms with van der Waals surface area (Å²) in [5, 5.41) is 0.811. The van der Waals surface area contributed by atoms with Gasteiger partial charge in [-0.15, -0.1) is 11.3 Å². The van der Waals surface area contributed by atoms with Crippen molar-refractivity contribution in [3.8, 4) is 0 Å². The Morgan fingerprint density at radius 1 is 1.60 bits per heavy atom. The zero-order chi connectivity index (χ0) is 10.4. The van der Waals surface area contributed by atoms with E-state index < -0.39 is 0 Å². The summed E-state index contributed by atoms with van der Waals surface area (Å²) in [6, 6.07) is 0. The van der Waals surface area contributed by atoms with Crippen molar-refractivity contribution in [1.82, 2.24) is 14.9 Å². The second kappa shape index (κ2) is 3.15. The molecule has 0 amide bonds. The fourth-order valence-electron chi connectivity index (χ4n) is 2.06. The number of aromatic amines is 1. The van der Waals surface area contributed by atoms with E-state index in [0.29, 0.717) is 0 Å². The first-order valence-electron chi connectivity index (χ1n) is 4.92. The summed E-state index contributed by atoms with van der Waals surface area (Å²) in [5.41, 5.74) is 1.21. The average Bonchev–Trinajstić information content (AvgIpc) is 2.56. The van der Waals surface area contributed by atoms with Gasteiger partial charge in [-0.05, 0) is 19.0 Å². The third-order valence-electron chi connectivity index (χ3n) is 2.83. The van der Waals surface area contributed by atoms with Gasteiger partial charge in [0.25, 0.3) is 5.56 Å². The second-order valence-corrected chi connectivity index (χ2v) is 4.99. The summed E-state index contributed by atoms with van der Waals surface area (Å²) in [7, 11) is 2.10. The molecule has 0 unspecified atom stereocenters. The molecule has 15 heavy (non-hydrogen) atoms. The van der Waals surface area contributed by atoms with Gasteiger partial charge in [0.05, 0.1) is 11.7 Å². The largest absolute Gasteiger partial charge is 0.313 e. The van der Waals surface area contributed by atoms with Crippen LogP contribution in [0.25, 0.3) is 10.2 Å². The van der Waals surface area contributed by atoms with E-state index in [1.807, 2.05) is 0 Å². The second-order valence-electron chi connectivity index (χ2n) is 3.90. The van der Waals surface area contributed by atoms with Crippen LogP contribution >= 0.6 is 11.3 Å². The van der Waals surface area contributed by atoms with Crippen molar-refractivity contribution in [1.29, 1.82) is 0 Å². The van der Waals surface area contributed by atoms with E-state index in [1.54, 1.807) is 11.3 Å². The van der Waals surface area contributed by atoms with Crippen molar-refractivity contribution in [3.63, 3.8) is 0 Å². The molecule has 2 aromatic heterocycles. The van der Waals surface area contributed by atoms with Crippen LogP contribution < -0.4 is 5.56 Å². The molecular weight excluding hydrogens is 210 g/mol. The van der Waals surface area contributed by atoms with Gasteiger partial charge < -0.3 is 9.88 Å². The lowest BCUT2D eigenvalue weighted by Gasteiger charge is -2.21. The smallest absolute Gasteiger partial charge is 0.259 e. The average molecular weight is 221 g/mol. The minimum Gasteiger partial charge on any atom is -0.313 e. The minimum atomic E-state index is 0.00190. The van der Waals surface area contributed by atoms with Gasteiger partial charge in [-0.2, -0.15) is 0 Å². The van der Waals surface area contributed by atoms with E-state index in [4.69, 9.17) is 0 Å². The van der Waals surface area contributed by atoms with Crippen molar-refractivity contribution < 1.29 is 0 Å². The van der Waals surface area contributed by atoms with E-state index in [1.165, 1.54) is 16.8 Å². The van der Waals surface area contributed by atoms with Crippen LogP contribution in [0.3, 0.4) is 0 Å². The standard InChI is InChI=1S/C10H11N3OS/c1-13-3-2-6-7(4-13)15-10-8(6)9(14)11-5-12-10/h5H,2-4H2,1H3,(H,11,12,14). The quantitative estimate of drug-likeness (QED) is 0.721. The van der Waals surface area contributed by atoms with Crippen molar-refractivity contribution in [2.45, 2.75) is 13.0 Å². The third kappa shape index (κ3) is 1.31. The fraction of sp³-hybridized carbons (Fsp3) is 0.400. The zero-order valence-corrected chi connectivity index (χ0v) is 9.23. The maximum absolute atomic E-state index is 11.7. The molecule has 1 N–H and O–H groups in total. The Morgan fingerprint density at radius 3 is 3.33 bits per heavy atom. The van der Waals surface area contributed by atoms with Gasteiger partial charge in [0.2, 0.25) is 0 Å². The Bertz CT molecular complexity index is 572. The van der Waals surface area contributed by atoms with E-state index in [9.17, 15) is 4.79 Å². The molecule has 78 valence electrons. The van der Waals surface area contributed by atoms with Gasteiger partial charge in [0.1, 0.15) is 4.83 Å². The van der Waals surface area contributed by atoms with Crippen LogP contribution in [0.2, 0.25) is 0 Å². The highest BCUT2D eigenvalue weighted by Gasteiger charge is 2.20. The summed E-state index contributed by atoms with van der Waals surface area (Å²) in [5.74, 6) is 0. The molecule has 3 rings (SSSR count). The van der Waals surface area contributed by atoms with Gasteiger partial charge in [-0.3, -0.25) is 4.79 Å². The molecule has 0 aliphatic carbocycles. The van der Waals surface area contributed by atoms with Crippen LogP contribution in [0.4, 0.5) is 0 Å². The lowest BCUT2D eigenvalue weighted by Crippen LogP contribution is -2.25. The zero-order valence-electron chi connectivity index (χ0n) is 8.41. The van der Waals surface area contributed by atoms with Crippen molar-refractivity contribution in [3.05, 3.63) is 27.1 Å². The Hall–Kier alpha value is -1.20. The van der Waals surface area contributed by atoms with E-state index in [2.05, 4.69) is 21.9 Å². The third-order valence-corrected chi connectivity index (χ3v) is 3.96. The molecule has 0 bridgehead atoms. The van der Waals surface area contributed by atoms with Crippen molar-refractivity contribution in [2.75, 3.05) is 13.6 Å². The maximum atomic E-state index is 11.7. The van der Waals surface area contributed by atoms with Crippen LogP contribution in [0.1, 0.15) is 10.4 Å². The molecule has 0 spiro atoms. The van der Waals surface area contributed by atoms with Gasteiger partial charge >= 0.3 is 0 Å². The van der Waals surface area contributed by atoms with Crippen LogP contribution in [0, 0.1) is 0 Å². The van der Waals surface area contributed by atoms with Gasteiger partial charge in [-0.1, -0.05) is 0 Å². The molecule has 0 atom stereocenters. The van der Waals surface area contributed by atoms with Crippen molar-refractivity contribution >= 4 is 21.6 Å². The van der Waals surface area contributed by atoms with E-state index >= 15 is 0 Å². The number of aromatic nitrogens is 2. The number of hydrogen-bond donors (Lipinski definition) is 1. The highest BCUT2D eigenvalue weighted by atomic mass is 32.1.